The van der Waals surface area contributed by atoms with Crippen molar-refractivity contribution in [3.05, 3.63) is 27.2 Å². The van der Waals surface area contributed by atoms with Gasteiger partial charge in [0.1, 0.15) is 0 Å². The van der Waals surface area contributed by atoms with Gasteiger partial charge in [0.25, 0.3) is 0 Å². The number of hydrogen-bond donors (Lipinski definition) is 0. The first kappa shape index (κ1) is 11.4. The highest BCUT2D eigenvalue weighted by Gasteiger charge is 2.16. The number of nitrogens with zero attached hydrogens (tertiary/aromatic N) is 1. The van der Waals surface area contributed by atoms with E-state index in [9.17, 15) is 0 Å². The second kappa shape index (κ2) is 4.82. The maximum Gasteiger partial charge on any atom is 0.0840 e. The average Bonchev–Trinajstić information content (AvgIpc) is 2.27. The molecule has 15 heavy (non-hydrogen) atoms. The topological polar surface area (TPSA) is 3.24 Å². The summed E-state index contributed by atoms with van der Waals surface area (Å²) in [5, 5.41) is 1.55. The van der Waals surface area contributed by atoms with Crippen molar-refractivity contribution in [2.75, 3.05) is 18.0 Å². The van der Waals surface area contributed by atoms with Gasteiger partial charge in [-0.1, -0.05) is 34.8 Å². The first-order chi connectivity index (χ1) is 7.20. The molecule has 1 nitrogen and oxygen atoms in total. The zero-order chi connectivity index (χ0) is 10.8. The lowest BCUT2D eigenvalue weighted by Crippen LogP contribution is -2.29. The summed E-state index contributed by atoms with van der Waals surface area (Å²) in [6, 6.07) is 3.75. The third kappa shape index (κ3) is 2.35. The van der Waals surface area contributed by atoms with Crippen LogP contribution in [0.1, 0.15) is 19.3 Å². The third-order valence-corrected chi connectivity index (χ3v) is 4.00. The van der Waals surface area contributed by atoms with Gasteiger partial charge in [-0.3, -0.25) is 0 Å². The molecule has 0 aromatic heterocycles. The lowest BCUT2D eigenvalue weighted by Gasteiger charge is -2.29. The quantitative estimate of drug-likeness (QED) is 0.668. The van der Waals surface area contributed by atoms with Gasteiger partial charge in [0.2, 0.25) is 0 Å². The van der Waals surface area contributed by atoms with Gasteiger partial charge in [-0.25, -0.2) is 0 Å². The average molecular weight is 265 g/mol. The lowest BCUT2D eigenvalue weighted by molar-refractivity contribution is 0.578. The summed E-state index contributed by atoms with van der Waals surface area (Å²) in [6.45, 7) is 2.11. The molecule has 0 amide bonds. The summed E-state index contributed by atoms with van der Waals surface area (Å²) in [4.78, 5) is 2.27. The SMILES string of the molecule is Clc1ccc(N2CCCCC2)c(Cl)c1Cl. The first-order valence-corrected chi connectivity index (χ1v) is 6.22. The molecule has 1 aromatic rings. The van der Waals surface area contributed by atoms with Crippen LogP contribution in [0.2, 0.25) is 15.1 Å². The van der Waals surface area contributed by atoms with E-state index in [1.54, 1.807) is 6.07 Å². The van der Waals surface area contributed by atoms with Crippen molar-refractivity contribution in [3.63, 3.8) is 0 Å². The van der Waals surface area contributed by atoms with Crippen LogP contribution in [0.5, 0.6) is 0 Å². The van der Waals surface area contributed by atoms with Crippen LogP contribution in [0.15, 0.2) is 12.1 Å². The summed E-state index contributed by atoms with van der Waals surface area (Å²) in [5.41, 5.74) is 1.01. The molecule has 0 unspecified atom stereocenters. The highest BCUT2D eigenvalue weighted by molar-refractivity contribution is 6.49. The third-order valence-electron chi connectivity index (χ3n) is 2.71. The van der Waals surface area contributed by atoms with Crippen molar-refractivity contribution < 1.29 is 0 Å². The van der Waals surface area contributed by atoms with E-state index < -0.39 is 0 Å². The summed E-state index contributed by atoms with van der Waals surface area (Å²) in [6.07, 6.45) is 3.74. The van der Waals surface area contributed by atoms with Crippen LogP contribution in [0.4, 0.5) is 5.69 Å². The molecule has 0 saturated carbocycles. The fourth-order valence-corrected chi connectivity index (χ4v) is 2.54. The van der Waals surface area contributed by atoms with Gasteiger partial charge in [0.05, 0.1) is 20.8 Å². The molecule has 1 fully saturated rings. The van der Waals surface area contributed by atoms with Crippen LogP contribution in [0.25, 0.3) is 0 Å². The van der Waals surface area contributed by atoms with Gasteiger partial charge >= 0.3 is 0 Å². The van der Waals surface area contributed by atoms with Gasteiger partial charge in [-0.05, 0) is 31.4 Å². The molecule has 0 N–H and O–H groups in total. The smallest absolute Gasteiger partial charge is 0.0840 e. The van der Waals surface area contributed by atoms with Crippen LogP contribution >= 0.6 is 34.8 Å². The fraction of sp³-hybridized carbons (Fsp3) is 0.455. The highest BCUT2D eigenvalue weighted by Crippen LogP contribution is 2.38. The minimum absolute atomic E-state index is 0.460. The zero-order valence-electron chi connectivity index (χ0n) is 8.27. The maximum absolute atomic E-state index is 6.17. The van der Waals surface area contributed by atoms with Crippen LogP contribution < -0.4 is 4.90 Å². The normalized spacial score (nSPS) is 16.9. The van der Waals surface area contributed by atoms with Crippen molar-refractivity contribution >= 4 is 40.5 Å². The molecule has 0 spiro atoms. The van der Waals surface area contributed by atoms with Crippen molar-refractivity contribution in [1.29, 1.82) is 0 Å². The van der Waals surface area contributed by atoms with Gasteiger partial charge in [0.15, 0.2) is 0 Å². The molecule has 82 valence electrons. The first-order valence-electron chi connectivity index (χ1n) is 5.08. The van der Waals surface area contributed by atoms with Crippen molar-refractivity contribution in [3.8, 4) is 0 Å². The Morgan fingerprint density at radius 1 is 0.867 bits per heavy atom. The molecule has 4 heteroatoms. The minimum atomic E-state index is 0.460. The predicted molar refractivity (Wildman–Crippen MR) is 67.5 cm³/mol. The van der Waals surface area contributed by atoms with E-state index in [0.717, 1.165) is 18.8 Å². The van der Waals surface area contributed by atoms with Crippen LogP contribution in [-0.4, -0.2) is 13.1 Å². The van der Waals surface area contributed by atoms with Crippen LogP contribution in [0.3, 0.4) is 0 Å². The molecule has 1 aliphatic rings. The maximum atomic E-state index is 6.17. The fourth-order valence-electron chi connectivity index (χ4n) is 1.89. The number of hydrogen-bond acceptors (Lipinski definition) is 1. The Morgan fingerprint density at radius 2 is 1.53 bits per heavy atom. The summed E-state index contributed by atoms with van der Waals surface area (Å²) in [7, 11) is 0. The minimum Gasteiger partial charge on any atom is -0.370 e. The van der Waals surface area contributed by atoms with Gasteiger partial charge in [-0.2, -0.15) is 0 Å². The summed E-state index contributed by atoms with van der Waals surface area (Å²) >= 11 is 18.1. The zero-order valence-corrected chi connectivity index (χ0v) is 10.5. The molecule has 1 heterocycles. The van der Waals surface area contributed by atoms with Gasteiger partial charge < -0.3 is 4.90 Å². The number of rotatable bonds is 1. The Labute approximate surface area is 105 Å². The molecule has 2 rings (SSSR count). The van der Waals surface area contributed by atoms with E-state index in [0.29, 0.717) is 15.1 Å². The molecule has 1 aliphatic heterocycles. The second-order valence-electron chi connectivity index (χ2n) is 3.74. The molecule has 0 atom stereocenters. The second-order valence-corrected chi connectivity index (χ2v) is 4.91. The molecule has 1 aromatic carbocycles. The largest absolute Gasteiger partial charge is 0.370 e. The molecular formula is C11H12Cl3N. The van der Waals surface area contributed by atoms with Gasteiger partial charge in [0, 0.05) is 13.1 Å². The Bertz CT molecular complexity index is 359. The highest BCUT2D eigenvalue weighted by atomic mass is 35.5. The lowest BCUT2D eigenvalue weighted by atomic mass is 10.1. The molecule has 0 radical (unpaired) electrons. The standard InChI is InChI=1S/C11H12Cl3N/c12-8-4-5-9(11(14)10(8)13)15-6-2-1-3-7-15/h4-5H,1-3,6-7H2. The Kier molecular flexibility index (Phi) is 3.65. The molecule has 1 saturated heterocycles. The Hall–Kier alpha value is -0.110. The Balaban J connectivity index is 2.31. The van der Waals surface area contributed by atoms with Crippen LogP contribution in [-0.2, 0) is 0 Å². The summed E-state index contributed by atoms with van der Waals surface area (Å²) in [5.74, 6) is 0. The summed E-state index contributed by atoms with van der Waals surface area (Å²) < 4.78 is 0. The van der Waals surface area contributed by atoms with E-state index in [-0.39, 0.29) is 0 Å². The van der Waals surface area contributed by atoms with E-state index in [4.69, 9.17) is 34.8 Å². The molecule has 0 bridgehead atoms. The van der Waals surface area contributed by atoms with E-state index in [1.807, 2.05) is 6.07 Å². The van der Waals surface area contributed by atoms with Crippen molar-refractivity contribution in [2.24, 2.45) is 0 Å². The van der Waals surface area contributed by atoms with Crippen molar-refractivity contribution in [2.45, 2.75) is 19.3 Å². The van der Waals surface area contributed by atoms with E-state index >= 15 is 0 Å². The van der Waals surface area contributed by atoms with Crippen LogP contribution in [0, 0.1) is 0 Å². The molecular weight excluding hydrogens is 252 g/mol. The van der Waals surface area contributed by atoms with Crippen molar-refractivity contribution in [1.82, 2.24) is 0 Å². The predicted octanol–water partition coefficient (Wildman–Crippen LogP) is 4.64. The number of benzene rings is 1. The van der Waals surface area contributed by atoms with E-state index in [2.05, 4.69) is 4.90 Å². The number of piperidine rings is 1. The Morgan fingerprint density at radius 3 is 2.20 bits per heavy atom. The van der Waals surface area contributed by atoms with Gasteiger partial charge in [-0.15, -0.1) is 0 Å². The number of anilines is 1. The monoisotopic (exact) mass is 263 g/mol. The van der Waals surface area contributed by atoms with E-state index in [1.165, 1.54) is 19.3 Å². The number of halogens is 3. The molecule has 0 aliphatic carbocycles.